The van der Waals surface area contributed by atoms with Gasteiger partial charge < -0.3 is 28.7 Å². The van der Waals surface area contributed by atoms with Crippen molar-refractivity contribution in [2.45, 2.75) is 236 Å². The number of fused-ring (bicyclic) bond motifs is 24. The summed E-state index contributed by atoms with van der Waals surface area (Å²) in [6, 6.07) is 121. The number of nitrogens with zero attached hydrogens (tertiary/aromatic N) is 6. The van der Waals surface area contributed by atoms with Gasteiger partial charge >= 0.3 is 0 Å². The largest absolute Gasteiger partial charge is 0.310 e. The third-order valence-electron chi connectivity index (χ3n) is 33.4. The summed E-state index contributed by atoms with van der Waals surface area (Å²) in [7, 11) is 0. The lowest BCUT2D eigenvalue weighted by Gasteiger charge is -2.42. The number of aromatic nitrogens is 2. The second-order valence-electron chi connectivity index (χ2n) is 51.2. The van der Waals surface area contributed by atoms with Crippen LogP contribution in [0.15, 0.2) is 309 Å². The number of anilines is 12. The van der Waals surface area contributed by atoms with Gasteiger partial charge in [-0.25, -0.2) is 0 Å². The third kappa shape index (κ3) is 14.2. The molecule has 0 spiro atoms. The van der Waals surface area contributed by atoms with Crippen LogP contribution in [-0.2, 0) is 48.7 Å². The lowest BCUT2D eigenvalue weighted by molar-refractivity contribution is 0.590. The van der Waals surface area contributed by atoms with Crippen LogP contribution in [0.4, 0.5) is 68.2 Å². The molecule has 0 fully saturated rings. The van der Waals surface area contributed by atoms with Gasteiger partial charge in [0.1, 0.15) is 0 Å². The summed E-state index contributed by atoms with van der Waals surface area (Å²) in [5.41, 5.74) is 50.4. The van der Waals surface area contributed by atoms with E-state index in [1.807, 2.05) is 22.7 Å². The fourth-order valence-electron chi connectivity index (χ4n) is 25.7. The molecule has 20 aromatic rings. The minimum Gasteiger partial charge on any atom is -0.310 e. The van der Waals surface area contributed by atoms with Crippen molar-refractivity contribution < 1.29 is 0 Å². The van der Waals surface area contributed by atoms with E-state index in [9.17, 15) is 0 Å². The molecule has 16 aromatic carbocycles. The Bertz CT molecular complexity index is 8810. The average Bonchev–Trinajstić information content (AvgIpc) is 1.50. The van der Waals surface area contributed by atoms with E-state index in [2.05, 4.69) is 525 Å². The van der Waals surface area contributed by atoms with Crippen LogP contribution in [0.3, 0.4) is 0 Å². The SMILES string of the molecule is Cc1cc2c3c(c1)-n1c4c(c5cc(C(C)(C)C)cc(c51)B3c1ccc(N(c3ccc(C(C)(C)C)cc3)c3ccc(C(C)(C)C)cc3)cc1N2c1cccc2c1sc1cc(C(C)(C)C)ccc12)C(C)(C)c1ccccc1-4.Cc1cc2c3c(c1)-n1c4c(c5cc(C(C)(C)C)cc(c51)B3c1ccc(N(c3ccc(C(C)(C)C)cc3)c3ccc(C(C)(C)C)cc3)cc1N2c1cccc2c1sc1ccccc12)C(C)(C)c1ccccc1-4. The summed E-state index contributed by atoms with van der Waals surface area (Å²) in [5, 5.41) is 8.00. The van der Waals surface area contributed by atoms with Gasteiger partial charge in [-0.3, -0.25) is 0 Å². The zero-order valence-corrected chi connectivity index (χ0v) is 91.7. The number of hydrogen-bond acceptors (Lipinski definition) is 6. The van der Waals surface area contributed by atoms with Gasteiger partial charge in [-0.05, 0) is 290 Å². The van der Waals surface area contributed by atoms with Crippen molar-refractivity contribution in [1.29, 1.82) is 0 Å². The number of hydrogen-bond donors (Lipinski definition) is 0. The summed E-state index contributed by atoms with van der Waals surface area (Å²) in [5.74, 6) is 0. The molecule has 26 rings (SSSR count). The molecule has 0 saturated heterocycles. The van der Waals surface area contributed by atoms with Crippen molar-refractivity contribution in [2.75, 3.05) is 19.6 Å². The summed E-state index contributed by atoms with van der Waals surface area (Å²) in [4.78, 5) is 10.3. The van der Waals surface area contributed by atoms with Crippen molar-refractivity contribution in [2.24, 2.45) is 0 Å². The Balaban J connectivity index is 0.000000152. The lowest BCUT2D eigenvalue weighted by atomic mass is 9.33. The van der Waals surface area contributed by atoms with Gasteiger partial charge in [0.15, 0.2) is 0 Å². The van der Waals surface area contributed by atoms with Crippen molar-refractivity contribution in [3.05, 3.63) is 382 Å². The highest BCUT2D eigenvalue weighted by Crippen LogP contribution is 2.60. The molecule has 4 aliphatic heterocycles. The van der Waals surface area contributed by atoms with Gasteiger partial charge in [-0.1, -0.05) is 349 Å². The van der Waals surface area contributed by atoms with Crippen LogP contribution in [-0.4, -0.2) is 22.6 Å². The van der Waals surface area contributed by atoms with E-state index in [-0.39, 0.29) is 62.2 Å². The van der Waals surface area contributed by atoms with Crippen LogP contribution in [0.2, 0.25) is 0 Å². The third-order valence-corrected chi connectivity index (χ3v) is 35.8. The van der Waals surface area contributed by atoms with E-state index in [0.29, 0.717) is 0 Å². The molecule has 2 aliphatic carbocycles. The van der Waals surface area contributed by atoms with E-state index < -0.39 is 0 Å². The zero-order valence-electron chi connectivity index (χ0n) is 90.1. The lowest BCUT2D eigenvalue weighted by Crippen LogP contribution is -2.60. The molecule has 0 radical (unpaired) electrons. The summed E-state index contributed by atoms with van der Waals surface area (Å²) in [6.07, 6.45) is 0. The average molecular weight is 1940 g/mol. The molecule has 8 heterocycles. The van der Waals surface area contributed by atoms with E-state index >= 15 is 0 Å². The van der Waals surface area contributed by atoms with E-state index in [4.69, 9.17) is 0 Å². The van der Waals surface area contributed by atoms with Gasteiger partial charge in [-0.2, -0.15) is 0 Å². The quantitative estimate of drug-likeness (QED) is 0.141. The molecular weight excluding hydrogens is 1800 g/mol. The Labute approximate surface area is 872 Å². The Morgan fingerprint density at radius 3 is 0.945 bits per heavy atom. The van der Waals surface area contributed by atoms with Crippen molar-refractivity contribution in [3.63, 3.8) is 0 Å². The first-order valence-electron chi connectivity index (χ1n) is 52.9. The van der Waals surface area contributed by atoms with Gasteiger partial charge in [0.25, 0.3) is 13.4 Å². The Morgan fingerprint density at radius 1 is 0.247 bits per heavy atom. The molecule has 4 aromatic heterocycles. The van der Waals surface area contributed by atoms with E-state index in [1.54, 1.807) is 0 Å². The maximum atomic E-state index is 2.71. The number of rotatable bonds is 8. The highest BCUT2D eigenvalue weighted by molar-refractivity contribution is 7.27. The minimum absolute atomic E-state index is 0.00113. The summed E-state index contributed by atoms with van der Waals surface area (Å²) >= 11 is 3.85. The Kier molecular flexibility index (Phi) is 20.4. The molecule has 6 aliphatic rings. The molecule has 0 saturated carbocycles. The fraction of sp³-hybridized carbons (Fsp3) is 0.265. The Hall–Kier alpha value is -13.6. The predicted molar refractivity (Wildman–Crippen MR) is 636 cm³/mol. The predicted octanol–water partition coefficient (Wildman–Crippen LogP) is 34.5. The van der Waals surface area contributed by atoms with Crippen LogP contribution in [0.1, 0.15) is 245 Å². The maximum absolute atomic E-state index is 2.71. The summed E-state index contributed by atoms with van der Waals surface area (Å²) < 4.78 is 10.7. The Morgan fingerprint density at radius 2 is 0.568 bits per heavy atom. The molecule has 6 nitrogen and oxygen atoms in total. The normalized spacial score (nSPS) is 14.6. The minimum atomic E-state index is -0.182. The van der Waals surface area contributed by atoms with Crippen LogP contribution in [0.5, 0.6) is 0 Å². The van der Waals surface area contributed by atoms with Gasteiger partial charge in [0.2, 0.25) is 0 Å². The zero-order chi connectivity index (χ0) is 102. The fourth-order valence-corrected chi connectivity index (χ4v) is 28.1. The van der Waals surface area contributed by atoms with E-state index in [1.165, 1.54) is 235 Å². The highest BCUT2D eigenvalue weighted by atomic mass is 32.1. The molecule has 0 N–H and O–H groups in total. The molecule has 0 bridgehead atoms. The van der Waals surface area contributed by atoms with Crippen LogP contribution in [0, 0.1) is 13.8 Å². The second kappa shape index (κ2) is 31.9. The molecule has 724 valence electrons. The van der Waals surface area contributed by atoms with Gasteiger partial charge in [-0.15, -0.1) is 22.7 Å². The number of thiophene rings is 2. The summed E-state index contributed by atoms with van der Waals surface area (Å²) in [6.45, 7) is 63.3. The first kappa shape index (κ1) is 93.4. The first-order valence-corrected chi connectivity index (χ1v) is 54.5. The first-order chi connectivity index (χ1) is 69.2. The number of benzene rings is 16. The number of aryl methyl sites for hydroxylation is 2. The monoisotopic (exact) mass is 1940 g/mol. The van der Waals surface area contributed by atoms with Crippen LogP contribution in [0.25, 0.3) is 96.0 Å². The molecule has 10 heteroatoms. The maximum Gasteiger partial charge on any atom is 0.252 e. The van der Waals surface area contributed by atoms with Crippen molar-refractivity contribution >= 4 is 199 Å². The molecule has 0 unspecified atom stereocenters. The molecule has 146 heavy (non-hydrogen) atoms. The smallest absolute Gasteiger partial charge is 0.252 e. The second-order valence-corrected chi connectivity index (χ2v) is 53.3. The van der Waals surface area contributed by atoms with E-state index in [0.717, 1.165) is 34.1 Å². The molecule has 0 atom stereocenters. The van der Waals surface area contributed by atoms with Crippen molar-refractivity contribution in [1.82, 2.24) is 9.13 Å². The topological polar surface area (TPSA) is 22.8 Å². The molecule has 0 amide bonds. The molecular formula is C136H132B2N6S2. The van der Waals surface area contributed by atoms with Gasteiger partial charge in [0, 0.05) is 143 Å². The van der Waals surface area contributed by atoms with Crippen molar-refractivity contribution in [3.8, 4) is 33.9 Å². The highest BCUT2D eigenvalue weighted by Gasteiger charge is 2.52. The van der Waals surface area contributed by atoms with Crippen LogP contribution >= 0.6 is 22.7 Å². The van der Waals surface area contributed by atoms with Crippen LogP contribution < -0.4 is 52.4 Å². The standard InChI is InChI=1S/C70H70BN3S.C66H62BN3S/c1-41-35-58-62-59(36-41)74-63-52(61-64(74)51-19-16-17-21-53(51)70(61,14)15)37-45(69(11,12)13)38-55(63)71(62)54-34-32-48(72(46-28-23-42(24-29-46)66(2,3)4)47-30-25-43(26-31-47)67(5,6)7)40-57(54)73(58)56-22-18-20-50-49-33-27-44(68(8,9)10)39-60(49)75-65(50)56;1-39-34-55-59-56(35-39)70-60-49(58-61(70)48-19-13-15-21-50(48)66(58,11)12)36-42(65(8,9)10)37-52(60)67(59)51-33-32-45(38-54(51)69(55)53-22-17-20-47-46-18-14-16-23-57(46)71-62(47)53)68(43-28-24-40(25-29-43)63(2,3)4)44-30-26-41(27-31-44)64(5,6)7/h16-40H,1-15H3;13-38H,1-12H3. The van der Waals surface area contributed by atoms with Gasteiger partial charge in [0.05, 0.1) is 32.2 Å².